The fourth-order valence-electron chi connectivity index (χ4n) is 3.29. The summed E-state index contributed by atoms with van der Waals surface area (Å²) in [5, 5.41) is 7.84. The molecule has 4 amide bonds. The van der Waals surface area contributed by atoms with E-state index in [1.165, 1.54) is 20.8 Å². The first-order valence-corrected chi connectivity index (χ1v) is 13.0. The van der Waals surface area contributed by atoms with Gasteiger partial charge in [-0.25, -0.2) is 9.59 Å². The van der Waals surface area contributed by atoms with Crippen molar-refractivity contribution in [3.8, 4) is 0 Å². The molecule has 2 atom stereocenters. The van der Waals surface area contributed by atoms with Crippen LogP contribution in [0.5, 0.6) is 0 Å². The van der Waals surface area contributed by atoms with E-state index < -0.39 is 72.9 Å². The molecule has 0 radical (unpaired) electrons. The van der Waals surface area contributed by atoms with Gasteiger partial charge in [0.1, 0.15) is 24.3 Å². The molecule has 0 bridgehead atoms. The Morgan fingerprint density at radius 3 is 1.70 bits per heavy atom. The molecule has 2 unspecified atom stereocenters. The van der Waals surface area contributed by atoms with Gasteiger partial charge in [-0.05, 0) is 52.0 Å². The number of hydrogen-bond donors (Lipinski definition) is 4. The van der Waals surface area contributed by atoms with E-state index in [1.54, 1.807) is 41.0 Å². The van der Waals surface area contributed by atoms with Gasteiger partial charge in [0.25, 0.3) is 0 Å². The smallest absolute Gasteiger partial charge is 0.459 e. The van der Waals surface area contributed by atoms with Gasteiger partial charge in [-0.15, -0.1) is 0 Å². The van der Waals surface area contributed by atoms with E-state index >= 15 is 0 Å². The predicted molar refractivity (Wildman–Crippen MR) is 138 cm³/mol. The Morgan fingerprint density at radius 2 is 1.23 bits per heavy atom. The summed E-state index contributed by atoms with van der Waals surface area (Å²) < 4.78 is 85.0. The van der Waals surface area contributed by atoms with Crippen molar-refractivity contribution >= 4 is 29.8 Å². The SMILES string of the molecule is CC(C)(C)OC(=O)NC(CCCNC(=O)C(F)(F)F)C(=O)NC(CCCNC(=O)C(F)(F)F)C(=O)OCc1ccccc1. The van der Waals surface area contributed by atoms with Crippen molar-refractivity contribution < 1.29 is 59.8 Å². The lowest BCUT2D eigenvalue weighted by Gasteiger charge is -2.25. The second-order valence-electron chi connectivity index (χ2n) is 10.1. The summed E-state index contributed by atoms with van der Waals surface area (Å²) in [5.74, 6) is -6.37. The van der Waals surface area contributed by atoms with Gasteiger partial charge in [0.2, 0.25) is 5.91 Å². The Balaban J connectivity index is 2.99. The number of carbonyl (C=O) groups excluding carboxylic acids is 5. The molecule has 11 nitrogen and oxygen atoms in total. The summed E-state index contributed by atoms with van der Waals surface area (Å²) in [5.41, 5.74) is -0.403. The number of carbonyl (C=O) groups is 5. The number of amides is 4. The summed E-state index contributed by atoms with van der Waals surface area (Å²) >= 11 is 0. The lowest BCUT2D eigenvalue weighted by atomic mass is 10.1. The van der Waals surface area contributed by atoms with E-state index in [0.717, 1.165) is 0 Å². The quantitative estimate of drug-likeness (QED) is 0.140. The first-order valence-electron chi connectivity index (χ1n) is 13.0. The van der Waals surface area contributed by atoms with Crippen LogP contribution in [-0.2, 0) is 35.3 Å². The number of nitrogens with one attached hydrogen (secondary N) is 4. The number of esters is 1. The van der Waals surface area contributed by atoms with Crippen molar-refractivity contribution in [2.24, 2.45) is 0 Å². The van der Waals surface area contributed by atoms with Gasteiger partial charge in [0.05, 0.1) is 0 Å². The third kappa shape index (κ3) is 15.7. The third-order valence-electron chi connectivity index (χ3n) is 5.26. The van der Waals surface area contributed by atoms with Gasteiger partial charge >= 0.3 is 36.2 Å². The van der Waals surface area contributed by atoms with Crippen molar-refractivity contribution in [3.63, 3.8) is 0 Å². The van der Waals surface area contributed by atoms with E-state index in [1.807, 2.05) is 0 Å². The number of halogens is 6. The molecule has 0 aliphatic rings. The molecule has 43 heavy (non-hydrogen) atoms. The largest absolute Gasteiger partial charge is 0.471 e. The van der Waals surface area contributed by atoms with E-state index in [-0.39, 0.29) is 32.3 Å². The highest BCUT2D eigenvalue weighted by atomic mass is 19.4. The fraction of sp³-hybridized carbons (Fsp3) is 0.577. The van der Waals surface area contributed by atoms with Crippen LogP contribution in [0.1, 0.15) is 52.0 Å². The number of alkyl carbamates (subject to hydrolysis) is 1. The zero-order valence-corrected chi connectivity index (χ0v) is 23.6. The highest BCUT2D eigenvalue weighted by molar-refractivity contribution is 5.89. The van der Waals surface area contributed by atoms with Crippen LogP contribution in [0.3, 0.4) is 0 Å². The Bertz CT molecular complexity index is 1090. The van der Waals surface area contributed by atoms with Crippen LogP contribution in [0.15, 0.2) is 30.3 Å². The molecule has 1 aromatic rings. The molecular formula is C26H34F6N4O7. The number of ether oxygens (including phenoxy) is 2. The number of rotatable bonds is 14. The molecule has 4 N–H and O–H groups in total. The maximum absolute atomic E-state index is 13.1. The molecule has 0 heterocycles. The number of benzene rings is 1. The molecule has 242 valence electrons. The van der Waals surface area contributed by atoms with Gasteiger partial charge in [-0.2, -0.15) is 26.3 Å². The molecule has 0 aromatic heterocycles. The maximum atomic E-state index is 13.1. The summed E-state index contributed by atoms with van der Waals surface area (Å²) in [4.78, 5) is 60.4. The molecule has 0 aliphatic carbocycles. The Hall–Kier alpha value is -4.05. The standard InChI is InChI=1S/C26H34F6N4O7/c1-24(2,3)43-23(41)36-17(11-7-13-33-21(39)25(27,28)29)19(37)35-18(12-8-14-34-22(40)26(30,31)32)20(38)42-15-16-9-5-4-6-10-16/h4-6,9-10,17-18H,7-8,11-15H2,1-3H3,(H,33,39)(H,34,40)(H,35,37)(H,36,41). The average Bonchev–Trinajstić information content (AvgIpc) is 2.88. The van der Waals surface area contributed by atoms with Crippen LogP contribution in [0.25, 0.3) is 0 Å². The lowest BCUT2D eigenvalue weighted by molar-refractivity contribution is -0.173. The van der Waals surface area contributed by atoms with Gasteiger partial charge in [-0.3, -0.25) is 14.4 Å². The van der Waals surface area contributed by atoms with Crippen molar-refractivity contribution in [2.45, 2.75) is 83.1 Å². The van der Waals surface area contributed by atoms with Gasteiger partial charge in [-0.1, -0.05) is 30.3 Å². The normalized spacial score (nSPS) is 13.2. The molecular weight excluding hydrogens is 594 g/mol. The van der Waals surface area contributed by atoms with Crippen molar-refractivity contribution in [1.82, 2.24) is 21.3 Å². The second kappa shape index (κ2) is 16.6. The summed E-state index contributed by atoms with van der Waals surface area (Å²) in [7, 11) is 0. The minimum Gasteiger partial charge on any atom is -0.459 e. The minimum absolute atomic E-state index is 0.208. The van der Waals surface area contributed by atoms with Crippen molar-refractivity contribution in [1.29, 1.82) is 0 Å². The second-order valence-corrected chi connectivity index (χ2v) is 10.1. The molecule has 0 fully saturated rings. The van der Waals surface area contributed by atoms with Crippen LogP contribution < -0.4 is 21.3 Å². The fourth-order valence-corrected chi connectivity index (χ4v) is 3.29. The Labute approximate surface area is 243 Å². The highest BCUT2D eigenvalue weighted by Crippen LogP contribution is 2.15. The van der Waals surface area contributed by atoms with Crippen molar-refractivity contribution in [3.05, 3.63) is 35.9 Å². The summed E-state index contributed by atoms with van der Waals surface area (Å²) in [6.45, 7) is 3.37. The monoisotopic (exact) mass is 628 g/mol. The van der Waals surface area contributed by atoms with E-state index in [0.29, 0.717) is 5.56 Å². The van der Waals surface area contributed by atoms with E-state index in [2.05, 4.69) is 10.6 Å². The first-order chi connectivity index (χ1) is 19.8. The average molecular weight is 629 g/mol. The van der Waals surface area contributed by atoms with Crippen LogP contribution in [0.2, 0.25) is 0 Å². The molecule has 0 saturated carbocycles. The maximum Gasteiger partial charge on any atom is 0.471 e. The Morgan fingerprint density at radius 1 is 0.744 bits per heavy atom. The molecule has 1 rings (SSSR count). The van der Waals surface area contributed by atoms with E-state index in [9.17, 15) is 50.3 Å². The summed E-state index contributed by atoms with van der Waals surface area (Å²) in [6, 6.07) is 5.44. The highest BCUT2D eigenvalue weighted by Gasteiger charge is 2.39. The van der Waals surface area contributed by atoms with E-state index in [4.69, 9.17) is 9.47 Å². The summed E-state index contributed by atoms with van der Waals surface area (Å²) in [6.07, 6.45) is -12.3. The minimum atomic E-state index is -5.13. The van der Waals surface area contributed by atoms with Crippen LogP contribution >= 0.6 is 0 Å². The lowest BCUT2D eigenvalue weighted by Crippen LogP contribution is -2.53. The Kier molecular flexibility index (Phi) is 14.2. The van der Waals surface area contributed by atoms with Crippen LogP contribution in [0.4, 0.5) is 31.1 Å². The molecule has 17 heteroatoms. The van der Waals surface area contributed by atoms with Crippen LogP contribution in [0, 0.1) is 0 Å². The molecule has 0 saturated heterocycles. The first kappa shape index (κ1) is 37.0. The zero-order chi connectivity index (χ0) is 32.8. The number of alkyl halides is 6. The zero-order valence-electron chi connectivity index (χ0n) is 23.6. The number of hydrogen-bond acceptors (Lipinski definition) is 7. The van der Waals surface area contributed by atoms with Gasteiger partial charge < -0.3 is 30.7 Å². The van der Waals surface area contributed by atoms with Crippen LogP contribution in [-0.4, -0.2) is 72.9 Å². The third-order valence-corrected chi connectivity index (χ3v) is 5.26. The van der Waals surface area contributed by atoms with Gasteiger partial charge in [0, 0.05) is 13.1 Å². The van der Waals surface area contributed by atoms with Gasteiger partial charge in [0.15, 0.2) is 0 Å². The molecule has 0 aliphatic heterocycles. The molecule has 0 spiro atoms. The molecule has 1 aromatic carbocycles. The topological polar surface area (TPSA) is 152 Å². The van der Waals surface area contributed by atoms with Crippen molar-refractivity contribution in [2.75, 3.05) is 13.1 Å². The predicted octanol–water partition coefficient (Wildman–Crippen LogP) is 3.03.